The van der Waals surface area contributed by atoms with Gasteiger partial charge in [-0.05, 0) is 31.9 Å². The molecule has 1 saturated carbocycles. The summed E-state index contributed by atoms with van der Waals surface area (Å²) in [6.07, 6.45) is 2.02. The molecule has 2 aliphatic rings. The number of halogens is 1. The summed E-state index contributed by atoms with van der Waals surface area (Å²) < 4.78 is 25.5. The Bertz CT molecular complexity index is 665. The first-order valence-corrected chi connectivity index (χ1v) is 10.0. The van der Waals surface area contributed by atoms with Crippen LogP contribution in [-0.2, 0) is 4.74 Å². The van der Waals surface area contributed by atoms with Crippen molar-refractivity contribution in [3.8, 4) is 5.75 Å². The molecule has 4 unspecified atom stereocenters. The van der Waals surface area contributed by atoms with Gasteiger partial charge in [-0.2, -0.15) is 0 Å². The van der Waals surface area contributed by atoms with Crippen molar-refractivity contribution in [3.05, 3.63) is 30.1 Å². The molecule has 0 bridgehead atoms. The third-order valence-corrected chi connectivity index (χ3v) is 5.78. The predicted octanol–water partition coefficient (Wildman–Crippen LogP) is 3.35. The number of guanidine groups is 1. The molecule has 1 aliphatic heterocycles. The molecular formula is C21H32FN3O2. The number of fused-ring (bicyclic) bond motifs is 1. The topological polar surface area (TPSA) is 54.9 Å². The van der Waals surface area contributed by atoms with Crippen LogP contribution in [0.2, 0.25) is 0 Å². The molecule has 27 heavy (non-hydrogen) atoms. The first kappa shape index (κ1) is 19.9. The lowest BCUT2D eigenvalue weighted by molar-refractivity contribution is -0.106. The lowest BCUT2D eigenvalue weighted by atomic mass is 9.57. The van der Waals surface area contributed by atoms with Crippen LogP contribution < -0.4 is 15.4 Å². The lowest BCUT2D eigenvalue weighted by Gasteiger charge is -2.54. The lowest BCUT2D eigenvalue weighted by Crippen LogP contribution is -2.68. The highest BCUT2D eigenvalue weighted by atomic mass is 19.1. The van der Waals surface area contributed by atoms with Crippen LogP contribution in [-0.4, -0.2) is 43.9 Å². The second-order valence-corrected chi connectivity index (χ2v) is 7.99. The fraction of sp³-hybridized carbons (Fsp3) is 0.667. The van der Waals surface area contributed by atoms with Gasteiger partial charge < -0.3 is 20.1 Å². The number of nitrogens with zero attached hydrogens (tertiary/aromatic N) is 1. The molecule has 2 N–H and O–H groups in total. The van der Waals surface area contributed by atoms with E-state index in [2.05, 4.69) is 31.4 Å². The van der Waals surface area contributed by atoms with Crippen molar-refractivity contribution < 1.29 is 13.9 Å². The third kappa shape index (κ3) is 4.21. The van der Waals surface area contributed by atoms with E-state index in [9.17, 15) is 4.39 Å². The Labute approximate surface area is 161 Å². The SMILES string of the molecule is CCNC(=NCC(CC)Oc1ccccc1F)NC1C2CCOC2C1(C)C. The van der Waals surface area contributed by atoms with Gasteiger partial charge in [0.15, 0.2) is 17.5 Å². The molecule has 0 radical (unpaired) electrons. The van der Waals surface area contributed by atoms with Crippen LogP contribution in [0.1, 0.15) is 40.5 Å². The zero-order valence-electron chi connectivity index (χ0n) is 16.8. The number of benzene rings is 1. The minimum absolute atomic E-state index is 0.0885. The summed E-state index contributed by atoms with van der Waals surface area (Å²) in [5, 5.41) is 6.92. The summed E-state index contributed by atoms with van der Waals surface area (Å²) in [6.45, 7) is 10.7. The van der Waals surface area contributed by atoms with Gasteiger partial charge in [-0.3, -0.25) is 0 Å². The highest BCUT2D eigenvalue weighted by Gasteiger charge is 2.59. The van der Waals surface area contributed by atoms with Crippen molar-refractivity contribution in [1.29, 1.82) is 0 Å². The van der Waals surface area contributed by atoms with Gasteiger partial charge in [0.05, 0.1) is 12.6 Å². The van der Waals surface area contributed by atoms with Gasteiger partial charge in [-0.15, -0.1) is 0 Å². The van der Waals surface area contributed by atoms with Crippen LogP contribution in [0.5, 0.6) is 5.75 Å². The highest BCUT2D eigenvalue weighted by Crippen LogP contribution is 2.52. The van der Waals surface area contributed by atoms with Crippen molar-refractivity contribution in [2.75, 3.05) is 19.7 Å². The van der Waals surface area contributed by atoms with E-state index in [1.807, 2.05) is 6.92 Å². The Balaban J connectivity index is 1.63. The molecule has 5 nitrogen and oxygen atoms in total. The van der Waals surface area contributed by atoms with E-state index < -0.39 is 0 Å². The Hall–Kier alpha value is -1.82. The van der Waals surface area contributed by atoms with Crippen LogP contribution >= 0.6 is 0 Å². The van der Waals surface area contributed by atoms with Crippen molar-refractivity contribution in [1.82, 2.24) is 10.6 Å². The van der Waals surface area contributed by atoms with Gasteiger partial charge >= 0.3 is 0 Å². The number of aliphatic imine (C=N–C) groups is 1. The Morgan fingerprint density at radius 3 is 2.85 bits per heavy atom. The zero-order chi connectivity index (χ0) is 19.4. The molecule has 4 atom stereocenters. The van der Waals surface area contributed by atoms with Crippen LogP contribution in [0, 0.1) is 17.2 Å². The van der Waals surface area contributed by atoms with Crippen molar-refractivity contribution in [2.45, 2.75) is 58.8 Å². The van der Waals surface area contributed by atoms with Gasteiger partial charge in [-0.1, -0.05) is 32.9 Å². The number of hydrogen-bond donors (Lipinski definition) is 2. The van der Waals surface area contributed by atoms with E-state index in [0.29, 0.717) is 24.6 Å². The maximum Gasteiger partial charge on any atom is 0.191 e. The number of nitrogens with one attached hydrogen (secondary N) is 2. The molecular weight excluding hydrogens is 345 g/mol. The largest absolute Gasteiger partial charge is 0.485 e. The van der Waals surface area contributed by atoms with E-state index in [-0.39, 0.29) is 23.1 Å². The molecule has 2 fully saturated rings. The summed E-state index contributed by atoms with van der Waals surface area (Å²) in [4.78, 5) is 4.72. The maximum absolute atomic E-state index is 13.8. The van der Waals surface area contributed by atoms with Crippen molar-refractivity contribution >= 4 is 5.96 Å². The van der Waals surface area contributed by atoms with Gasteiger partial charge in [-0.25, -0.2) is 9.38 Å². The van der Waals surface area contributed by atoms with E-state index in [4.69, 9.17) is 14.5 Å². The van der Waals surface area contributed by atoms with Gasteiger partial charge in [0.1, 0.15) is 6.10 Å². The maximum atomic E-state index is 13.8. The molecule has 0 amide bonds. The number of para-hydroxylation sites is 1. The fourth-order valence-corrected chi connectivity index (χ4v) is 4.25. The molecule has 3 rings (SSSR count). The quantitative estimate of drug-likeness (QED) is 0.565. The Morgan fingerprint density at radius 1 is 1.37 bits per heavy atom. The van der Waals surface area contributed by atoms with Crippen molar-refractivity contribution in [3.63, 3.8) is 0 Å². The molecule has 1 saturated heterocycles. The first-order chi connectivity index (χ1) is 13.0. The second-order valence-electron chi connectivity index (χ2n) is 7.99. The van der Waals surface area contributed by atoms with Crippen LogP contribution in [0.15, 0.2) is 29.3 Å². The van der Waals surface area contributed by atoms with E-state index in [0.717, 1.165) is 32.0 Å². The molecule has 0 spiro atoms. The van der Waals surface area contributed by atoms with E-state index in [1.165, 1.54) is 6.07 Å². The third-order valence-electron chi connectivity index (χ3n) is 5.78. The Kier molecular flexibility index (Phi) is 6.25. The van der Waals surface area contributed by atoms with Crippen molar-refractivity contribution in [2.24, 2.45) is 16.3 Å². The fourth-order valence-electron chi connectivity index (χ4n) is 4.25. The molecule has 1 aliphatic carbocycles. The summed E-state index contributed by atoms with van der Waals surface area (Å²) >= 11 is 0. The number of rotatable bonds is 7. The highest BCUT2D eigenvalue weighted by molar-refractivity contribution is 5.80. The van der Waals surface area contributed by atoms with E-state index in [1.54, 1.807) is 18.2 Å². The number of hydrogen-bond acceptors (Lipinski definition) is 3. The molecule has 1 aromatic carbocycles. The standard InChI is InChI=1S/C21H32FN3O2/c1-5-14(27-17-10-8-7-9-16(17)22)13-24-20(23-6-2)25-18-15-11-12-26-19(15)21(18,3)4/h7-10,14-15,18-19H,5-6,11-13H2,1-4H3,(H2,23,24,25). The zero-order valence-corrected chi connectivity index (χ0v) is 16.8. The molecule has 6 heteroatoms. The monoisotopic (exact) mass is 377 g/mol. The first-order valence-electron chi connectivity index (χ1n) is 10.0. The predicted molar refractivity (Wildman–Crippen MR) is 106 cm³/mol. The molecule has 1 aromatic rings. The summed E-state index contributed by atoms with van der Waals surface area (Å²) in [5.74, 6) is 1.27. The summed E-state index contributed by atoms with van der Waals surface area (Å²) in [7, 11) is 0. The molecule has 150 valence electrons. The average molecular weight is 378 g/mol. The van der Waals surface area contributed by atoms with Crippen LogP contribution in [0.3, 0.4) is 0 Å². The summed E-state index contributed by atoms with van der Waals surface area (Å²) in [6, 6.07) is 6.85. The molecule has 0 aromatic heterocycles. The molecule has 1 heterocycles. The van der Waals surface area contributed by atoms with Crippen LogP contribution in [0.4, 0.5) is 4.39 Å². The second kappa shape index (κ2) is 8.46. The van der Waals surface area contributed by atoms with Gasteiger partial charge in [0, 0.05) is 30.5 Å². The number of ether oxygens (including phenoxy) is 2. The average Bonchev–Trinajstić information content (AvgIpc) is 3.11. The van der Waals surface area contributed by atoms with E-state index >= 15 is 0 Å². The van der Waals surface area contributed by atoms with Gasteiger partial charge in [0.25, 0.3) is 0 Å². The minimum atomic E-state index is -0.339. The Morgan fingerprint density at radius 2 is 2.15 bits per heavy atom. The normalized spacial score (nSPS) is 27.4. The van der Waals surface area contributed by atoms with Gasteiger partial charge in [0.2, 0.25) is 0 Å². The van der Waals surface area contributed by atoms with Crippen LogP contribution in [0.25, 0.3) is 0 Å². The summed E-state index contributed by atoms with van der Waals surface area (Å²) in [5.41, 5.74) is 0.0885. The smallest absolute Gasteiger partial charge is 0.191 e. The minimum Gasteiger partial charge on any atom is -0.485 e.